The maximum atomic E-state index is 11.1. The van der Waals surface area contributed by atoms with Gasteiger partial charge in [0.05, 0.1) is 12.0 Å². The Labute approximate surface area is 123 Å². The molecule has 0 heterocycles. The third-order valence-corrected chi connectivity index (χ3v) is 2.98. The lowest BCUT2D eigenvalue weighted by atomic mass is 9.73. The average molecular weight is 281 g/mol. The first-order chi connectivity index (χ1) is 10.1. The number of carbonyl (C=O) groups is 2. The van der Waals surface area contributed by atoms with Crippen molar-refractivity contribution in [3.05, 3.63) is 53.6 Å². The maximum absolute atomic E-state index is 11.1. The first kappa shape index (κ1) is 14.8. The van der Waals surface area contributed by atoms with Crippen LogP contribution in [0.5, 0.6) is 11.5 Å². The van der Waals surface area contributed by atoms with Crippen LogP contribution in [-0.4, -0.2) is 24.6 Å². The molecule has 21 heavy (non-hydrogen) atoms. The summed E-state index contributed by atoms with van der Waals surface area (Å²) < 4.78 is 5.68. The Morgan fingerprint density at radius 3 is 2.76 bits per heavy atom. The molecular weight excluding hydrogens is 267 g/mol. The molecule has 105 valence electrons. The molecule has 2 aromatic rings. The Bertz CT molecular complexity index is 667. The standard InChI is InChI=1S/C16H14BO4/c1-17-13-5-6-15(12(9-13)10-18)21-14-4-2-3-11(7-14)8-16(19)20/h2-7,9-10H,8H2,1H3,(H,19,20). The molecule has 1 N–H and O–H groups in total. The van der Waals surface area contributed by atoms with Crippen LogP contribution in [0, 0.1) is 0 Å². The van der Waals surface area contributed by atoms with E-state index in [4.69, 9.17) is 9.84 Å². The summed E-state index contributed by atoms with van der Waals surface area (Å²) in [4.78, 5) is 21.8. The molecule has 0 amide bonds. The summed E-state index contributed by atoms with van der Waals surface area (Å²) in [5, 5.41) is 8.80. The first-order valence-corrected chi connectivity index (χ1v) is 6.49. The van der Waals surface area contributed by atoms with Crippen molar-refractivity contribution in [3.63, 3.8) is 0 Å². The molecule has 0 spiro atoms. The van der Waals surface area contributed by atoms with E-state index in [1.54, 1.807) is 36.4 Å². The van der Waals surface area contributed by atoms with Crippen molar-refractivity contribution in [2.24, 2.45) is 0 Å². The van der Waals surface area contributed by atoms with Gasteiger partial charge in [0, 0.05) is 0 Å². The second kappa shape index (κ2) is 6.75. The molecule has 0 aromatic heterocycles. The summed E-state index contributed by atoms with van der Waals surface area (Å²) in [7, 11) is 1.89. The average Bonchev–Trinajstić information content (AvgIpc) is 2.47. The van der Waals surface area contributed by atoms with Gasteiger partial charge in [-0.1, -0.05) is 36.6 Å². The van der Waals surface area contributed by atoms with Gasteiger partial charge in [-0.3, -0.25) is 9.59 Å². The van der Waals surface area contributed by atoms with Crippen LogP contribution in [0.1, 0.15) is 15.9 Å². The van der Waals surface area contributed by atoms with Crippen molar-refractivity contribution in [2.75, 3.05) is 0 Å². The monoisotopic (exact) mass is 281 g/mol. The van der Waals surface area contributed by atoms with Crippen LogP contribution < -0.4 is 10.2 Å². The number of aliphatic carboxylic acids is 1. The van der Waals surface area contributed by atoms with E-state index in [1.807, 2.05) is 20.2 Å². The van der Waals surface area contributed by atoms with Crippen LogP contribution >= 0.6 is 0 Å². The second-order valence-corrected chi connectivity index (χ2v) is 4.52. The van der Waals surface area contributed by atoms with Gasteiger partial charge in [0.1, 0.15) is 18.8 Å². The highest BCUT2D eigenvalue weighted by atomic mass is 16.5. The molecule has 0 fully saturated rings. The number of carbonyl (C=O) groups excluding carboxylic acids is 1. The Balaban J connectivity index is 2.25. The van der Waals surface area contributed by atoms with Gasteiger partial charge in [-0.05, 0) is 23.8 Å². The number of ether oxygens (including phenoxy) is 1. The Morgan fingerprint density at radius 1 is 1.29 bits per heavy atom. The van der Waals surface area contributed by atoms with Crippen LogP contribution in [-0.2, 0) is 11.2 Å². The molecule has 0 saturated heterocycles. The number of carboxylic acid groups (broad SMARTS) is 1. The highest BCUT2D eigenvalue weighted by molar-refractivity contribution is 6.52. The third-order valence-electron chi connectivity index (χ3n) is 2.98. The van der Waals surface area contributed by atoms with Crippen molar-refractivity contribution in [3.8, 4) is 11.5 Å². The molecule has 0 saturated carbocycles. The Morgan fingerprint density at radius 2 is 2.10 bits per heavy atom. The zero-order chi connectivity index (χ0) is 15.2. The number of hydrogen-bond donors (Lipinski definition) is 1. The Kier molecular flexibility index (Phi) is 4.77. The Hall–Kier alpha value is -2.56. The molecule has 0 unspecified atom stereocenters. The van der Waals surface area contributed by atoms with Gasteiger partial charge in [-0.15, -0.1) is 0 Å². The lowest BCUT2D eigenvalue weighted by molar-refractivity contribution is -0.136. The normalized spacial score (nSPS) is 9.95. The van der Waals surface area contributed by atoms with E-state index < -0.39 is 5.97 Å². The molecular formula is C16H14BO4. The fraction of sp³-hybridized carbons (Fsp3) is 0.125. The molecule has 1 radical (unpaired) electrons. The molecule has 2 rings (SSSR count). The largest absolute Gasteiger partial charge is 0.481 e. The number of benzene rings is 2. The SMILES string of the molecule is C[B]c1ccc(Oc2cccc(CC(=O)O)c2)c(C=O)c1. The van der Waals surface area contributed by atoms with E-state index in [0.29, 0.717) is 22.6 Å². The summed E-state index contributed by atoms with van der Waals surface area (Å²) in [5.41, 5.74) is 2.03. The van der Waals surface area contributed by atoms with E-state index in [2.05, 4.69) is 0 Å². The van der Waals surface area contributed by atoms with E-state index in [-0.39, 0.29) is 6.42 Å². The van der Waals surface area contributed by atoms with Gasteiger partial charge in [0.2, 0.25) is 0 Å². The zero-order valence-electron chi connectivity index (χ0n) is 11.6. The zero-order valence-corrected chi connectivity index (χ0v) is 11.6. The van der Waals surface area contributed by atoms with E-state index >= 15 is 0 Å². The molecule has 0 atom stereocenters. The fourth-order valence-electron chi connectivity index (χ4n) is 1.95. The summed E-state index contributed by atoms with van der Waals surface area (Å²) in [5.74, 6) is 0.0525. The third kappa shape index (κ3) is 3.95. The highest BCUT2D eigenvalue weighted by Crippen LogP contribution is 2.24. The smallest absolute Gasteiger partial charge is 0.307 e. The topological polar surface area (TPSA) is 63.6 Å². The molecule has 0 aliphatic heterocycles. The summed E-state index contributed by atoms with van der Waals surface area (Å²) in [6.07, 6.45) is 0.672. The highest BCUT2D eigenvalue weighted by Gasteiger charge is 2.07. The van der Waals surface area contributed by atoms with Gasteiger partial charge >= 0.3 is 5.97 Å². The van der Waals surface area contributed by atoms with Crippen LogP contribution in [0.25, 0.3) is 0 Å². The lowest BCUT2D eigenvalue weighted by Gasteiger charge is -2.10. The van der Waals surface area contributed by atoms with Gasteiger partial charge < -0.3 is 9.84 Å². The minimum atomic E-state index is -0.899. The number of rotatable bonds is 6. The van der Waals surface area contributed by atoms with Gasteiger partial charge in [0.15, 0.2) is 6.29 Å². The number of aldehydes is 1. The van der Waals surface area contributed by atoms with Crippen molar-refractivity contribution in [1.29, 1.82) is 0 Å². The van der Waals surface area contributed by atoms with E-state index in [9.17, 15) is 9.59 Å². The number of carboxylic acids is 1. The van der Waals surface area contributed by atoms with E-state index in [0.717, 1.165) is 11.7 Å². The molecule has 4 nitrogen and oxygen atoms in total. The van der Waals surface area contributed by atoms with Crippen LogP contribution in [0.3, 0.4) is 0 Å². The van der Waals surface area contributed by atoms with Crippen molar-refractivity contribution >= 4 is 25.0 Å². The molecule has 5 heteroatoms. The van der Waals surface area contributed by atoms with Crippen LogP contribution in [0.4, 0.5) is 0 Å². The second-order valence-electron chi connectivity index (χ2n) is 4.52. The molecule has 2 aromatic carbocycles. The lowest BCUT2D eigenvalue weighted by Crippen LogP contribution is -2.11. The predicted molar refractivity (Wildman–Crippen MR) is 80.9 cm³/mol. The van der Waals surface area contributed by atoms with Crippen molar-refractivity contribution < 1.29 is 19.4 Å². The van der Waals surface area contributed by atoms with Crippen LogP contribution in [0.2, 0.25) is 6.82 Å². The van der Waals surface area contributed by atoms with Crippen molar-refractivity contribution in [1.82, 2.24) is 0 Å². The quantitative estimate of drug-likeness (QED) is 0.651. The molecule has 0 aliphatic carbocycles. The van der Waals surface area contributed by atoms with Gasteiger partial charge in [-0.2, -0.15) is 0 Å². The molecule has 0 bridgehead atoms. The first-order valence-electron chi connectivity index (χ1n) is 6.49. The fourth-order valence-corrected chi connectivity index (χ4v) is 1.95. The van der Waals surface area contributed by atoms with Crippen LogP contribution in [0.15, 0.2) is 42.5 Å². The van der Waals surface area contributed by atoms with Gasteiger partial charge in [-0.25, -0.2) is 0 Å². The van der Waals surface area contributed by atoms with Gasteiger partial charge in [0.25, 0.3) is 0 Å². The summed E-state index contributed by atoms with van der Waals surface area (Å²) >= 11 is 0. The summed E-state index contributed by atoms with van der Waals surface area (Å²) in [6, 6.07) is 12.1. The van der Waals surface area contributed by atoms with E-state index in [1.165, 1.54) is 0 Å². The number of hydrogen-bond acceptors (Lipinski definition) is 3. The predicted octanol–water partition coefficient (Wildman–Crippen LogP) is 2.30. The summed E-state index contributed by atoms with van der Waals surface area (Å²) in [6.45, 7) is 1.89. The van der Waals surface area contributed by atoms with Crippen molar-refractivity contribution in [2.45, 2.75) is 13.2 Å². The maximum Gasteiger partial charge on any atom is 0.307 e. The minimum Gasteiger partial charge on any atom is -0.481 e. The molecule has 0 aliphatic rings. The minimum absolute atomic E-state index is 0.0680.